The lowest BCUT2D eigenvalue weighted by Gasteiger charge is -2.18. The minimum Gasteiger partial charge on any atom is -0.481 e. The fourth-order valence-electron chi connectivity index (χ4n) is 2.60. The topological polar surface area (TPSA) is 66.4 Å². The number of carbonyl (C=O) groups is 2. The van der Waals surface area contributed by atoms with E-state index >= 15 is 0 Å². The predicted molar refractivity (Wildman–Crippen MR) is 70.1 cm³/mol. The van der Waals surface area contributed by atoms with Crippen LogP contribution in [-0.4, -0.2) is 23.5 Å². The first kappa shape index (κ1) is 15.0. The van der Waals surface area contributed by atoms with Gasteiger partial charge in [0.05, 0.1) is 5.41 Å². The lowest BCUT2D eigenvalue weighted by Crippen LogP contribution is -2.34. The van der Waals surface area contributed by atoms with Gasteiger partial charge < -0.3 is 10.4 Å². The summed E-state index contributed by atoms with van der Waals surface area (Å²) >= 11 is 0. The van der Waals surface area contributed by atoms with E-state index in [2.05, 4.69) is 33.0 Å². The normalized spacial score (nSPS) is 21.4. The lowest BCUT2D eigenvalue weighted by molar-refractivity contribution is -0.149. The minimum absolute atomic E-state index is 0.0237. The van der Waals surface area contributed by atoms with Gasteiger partial charge in [0.2, 0.25) is 5.91 Å². The molecule has 0 aromatic rings. The number of hydrogen-bond acceptors (Lipinski definition) is 2. The van der Waals surface area contributed by atoms with Crippen molar-refractivity contribution in [3.8, 4) is 0 Å². The smallest absolute Gasteiger partial charge is 0.309 e. The molecule has 1 amide bonds. The molecule has 0 atom stereocenters. The van der Waals surface area contributed by atoms with Crippen LogP contribution in [-0.2, 0) is 9.59 Å². The van der Waals surface area contributed by atoms with Gasteiger partial charge in [-0.1, -0.05) is 27.7 Å². The summed E-state index contributed by atoms with van der Waals surface area (Å²) in [5, 5.41) is 11.8. The Balaban J connectivity index is 2.43. The van der Waals surface area contributed by atoms with E-state index in [9.17, 15) is 9.59 Å². The summed E-state index contributed by atoms with van der Waals surface area (Å²) in [6, 6.07) is 0. The number of carboxylic acid groups (broad SMARTS) is 1. The van der Waals surface area contributed by atoms with Crippen molar-refractivity contribution in [1.29, 1.82) is 0 Å². The van der Waals surface area contributed by atoms with E-state index in [0.29, 0.717) is 12.5 Å². The van der Waals surface area contributed by atoms with Gasteiger partial charge in [-0.05, 0) is 30.6 Å². The molecular formula is C14H25NO3. The van der Waals surface area contributed by atoms with Crippen molar-refractivity contribution in [2.45, 2.75) is 48.0 Å². The third kappa shape index (κ3) is 2.52. The van der Waals surface area contributed by atoms with E-state index in [1.165, 1.54) is 0 Å². The van der Waals surface area contributed by atoms with Crippen LogP contribution in [0.1, 0.15) is 48.0 Å². The summed E-state index contributed by atoms with van der Waals surface area (Å²) in [4.78, 5) is 22.7. The molecule has 2 N–H and O–H groups in total. The molecule has 1 rings (SSSR count). The first-order valence-corrected chi connectivity index (χ1v) is 6.43. The van der Waals surface area contributed by atoms with Crippen molar-refractivity contribution in [3.63, 3.8) is 0 Å². The molecule has 0 aromatic heterocycles. The Hall–Kier alpha value is -1.06. The Kier molecular flexibility index (Phi) is 3.54. The Morgan fingerprint density at radius 3 is 1.94 bits per heavy atom. The summed E-state index contributed by atoms with van der Waals surface area (Å²) in [5.74, 6) is -0.660. The number of carboxylic acids is 1. The van der Waals surface area contributed by atoms with Gasteiger partial charge in [-0.2, -0.15) is 0 Å². The van der Waals surface area contributed by atoms with Crippen LogP contribution in [0, 0.1) is 22.2 Å². The number of aliphatic carboxylic acids is 1. The fraction of sp³-hybridized carbons (Fsp3) is 0.857. The van der Waals surface area contributed by atoms with Crippen LogP contribution < -0.4 is 5.32 Å². The average Bonchev–Trinajstić information content (AvgIpc) is 2.53. The molecule has 1 aliphatic carbocycles. The van der Waals surface area contributed by atoms with Crippen molar-refractivity contribution in [1.82, 2.24) is 5.32 Å². The molecule has 104 valence electrons. The van der Waals surface area contributed by atoms with E-state index < -0.39 is 11.4 Å². The van der Waals surface area contributed by atoms with Gasteiger partial charge in [0, 0.05) is 13.0 Å². The first-order valence-electron chi connectivity index (χ1n) is 6.43. The molecule has 0 bridgehead atoms. The van der Waals surface area contributed by atoms with Gasteiger partial charge in [-0.3, -0.25) is 9.59 Å². The zero-order valence-electron chi connectivity index (χ0n) is 12.3. The average molecular weight is 255 g/mol. The maximum Gasteiger partial charge on any atom is 0.309 e. The molecule has 0 aliphatic heterocycles. The highest BCUT2D eigenvalue weighted by atomic mass is 16.4. The highest BCUT2D eigenvalue weighted by molar-refractivity contribution is 5.84. The van der Waals surface area contributed by atoms with Crippen LogP contribution in [0.15, 0.2) is 0 Å². The molecule has 0 unspecified atom stereocenters. The highest BCUT2D eigenvalue weighted by Gasteiger charge is 2.64. The molecule has 1 fully saturated rings. The van der Waals surface area contributed by atoms with E-state index in [4.69, 9.17) is 5.11 Å². The van der Waals surface area contributed by atoms with Crippen LogP contribution in [0.25, 0.3) is 0 Å². The zero-order chi connectivity index (χ0) is 14.4. The van der Waals surface area contributed by atoms with Crippen LogP contribution in [0.5, 0.6) is 0 Å². The summed E-state index contributed by atoms with van der Waals surface area (Å²) in [6.45, 7) is 12.6. The Morgan fingerprint density at radius 2 is 1.61 bits per heavy atom. The predicted octanol–water partition coefficient (Wildman–Crippen LogP) is 2.29. The van der Waals surface area contributed by atoms with E-state index in [1.807, 2.05) is 0 Å². The van der Waals surface area contributed by atoms with Crippen molar-refractivity contribution >= 4 is 11.9 Å². The third-order valence-electron chi connectivity index (χ3n) is 5.00. The van der Waals surface area contributed by atoms with Gasteiger partial charge >= 0.3 is 5.97 Å². The number of hydrogen-bond donors (Lipinski definition) is 2. The summed E-state index contributed by atoms with van der Waals surface area (Å²) in [5.41, 5.74) is -0.524. The molecule has 1 aliphatic rings. The Morgan fingerprint density at radius 1 is 1.17 bits per heavy atom. The van der Waals surface area contributed by atoms with Crippen molar-refractivity contribution < 1.29 is 14.7 Å². The van der Waals surface area contributed by atoms with Gasteiger partial charge in [0.1, 0.15) is 0 Å². The van der Waals surface area contributed by atoms with Gasteiger partial charge in [-0.15, -0.1) is 0 Å². The first-order chi connectivity index (χ1) is 7.93. The number of amides is 1. The van der Waals surface area contributed by atoms with Crippen molar-refractivity contribution in [2.75, 3.05) is 6.54 Å². The second-order valence-corrected chi connectivity index (χ2v) is 7.17. The van der Waals surface area contributed by atoms with Gasteiger partial charge in [0.25, 0.3) is 0 Å². The Labute approximate surface area is 109 Å². The van der Waals surface area contributed by atoms with Gasteiger partial charge in [-0.25, -0.2) is 0 Å². The zero-order valence-corrected chi connectivity index (χ0v) is 12.3. The fourth-order valence-corrected chi connectivity index (χ4v) is 2.60. The molecular weight excluding hydrogens is 230 g/mol. The number of rotatable bonds is 5. The highest BCUT2D eigenvalue weighted by Crippen LogP contribution is 2.67. The largest absolute Gasteiger partial charge is 0.481 e. The molecule has 0 spiro atoms. The summed E-state index contributed by atoms with van der Waals surface area (Å²) in [6.07, 6.45) is 0.0237. The SMILES string of the molecule is CC(C)(CC(=O)NCC1C(C)(C)C1(C)C)C(=O)O. The molecule has 4 nitrogen and oxygen atoms in total. The van der Waals surface area contributed by atoms with Crippen molar-refractivity contribution in [3.05, 3.63) is 0 Å². The molecule has 4 heteroatoms. The van der Waals surface area contributed by atoms with Crippen LogP contribution in [0.4, 0.5) is 0 Å². The second-order valence-electron chi connectivity index (χ2n) is 7.17. The van der Waals surface area contributed by atoms with E-state index in [1.54, 1.807) is 13.8 Å². The molecule has 0 aromatic carbocycles. The summed E-state index contributed by atoms with van der Waals surface area (Å²) in [7, 11) is 0. The van der Waals surface area contributed by atoms with Crippen LogP contribution in [0.3, 0.4) is 0 Å². The molecule has 0 saturated heterocycles. The molecule has 0 heterocycles. The van der Waals surface area contributed by atoms with E-state index in [-0.39, 0.29) is 23.2 Å². The summed E-state index contributed by atoms with van der Waals surface area (Å²) < 4.78 is 0. The maximum atomic E-state index is 11.7. The monoisotopic (exact) mass is 255 g/mol. The Bertz CT molecular complexity index is 355. The van der Waals surface area contributed by atoms with Gasteiger partial charge in [0.15, 0.2) is 0 Å². The maximum absolute atomic E-state index is 11.7. The number of nitrogens with one attached hydrogen (secondary N) is 1. The number of carbonyl (C=O) groups excluding carboxylic acids is 1. The minimum atomic E-state index is -1.00. The van der Waals surface area contributed by atoms with Crippen molar-refractivity contribution in [2.24, 2.45) is 22.2 Å². The molecule has 0 radical (unpaired) electrons. The lowest BCUT2D eigenvalue weighted by atomic mass is 9.89. The molecule has 1 saturated carbocycles. The third-order valence-corrected chi connectivity index (χ3v) is 5.00. The second kappa shape index (κ2) is 4.25. The standard InChI is InChI=1S/C14H25NO3/c1-12(2,11(17)18)7-10(16)15-8-9-13(3,4)14(9,5)6/h9H,7-8H2,1-6H3,(H,15,16)(H,17,18). The quantitative estimate of drug-likeness (QED) is 0.792. The van der Waals surface area contributed by atoms with E-state index in [0.717, 1.165) is 0 Å². The van der Waals surface area contributed by atoms with Crippen LogP contribution >= 0.6 is 0 Å². The molecule has 18 heavy (non-hydrogen) atoms. The van der Waals surface area contributed by atoms with Crippen LogP contribution in [0.2, 0.25) is 0 Å².